The smallest absolute Gasteiger partial charge is 0.272 e. The Balaban J connectivity index is 2.32. The van der Waals surface area contributed by atoms with E-state index in [0.717, 1.165) is 23.7 Å². The second-order valence-electron chi connectivity index (χ2n) is 5.40. The number of carbonyl (C=O) groups excluding carboxylic acids is 1. The Kier molecular flexibility index (Phi) is 4.09. The second kappa shape index (κ2) is 5.63. The van der Waals surface area contributed by atoms with E-state index in [2.05, 4.69) is 10.4 Å². The molecule has 5 heteroatoms. The summed E-state index contributed by atoms with van der Waals surface area (Å²) in [6, 6.07) is 7.73. The number of hydrogen-bond donors (Lipinski definition) is 2. The highest BCUT2D eigenvalue weighted by molar-refractivity contribution is 6.05. The molecule has 108 valence electrons. The number of amides is 1. The topological polar surface area (TPSA) is 72.9 Å². The molecule has 0 fully saturated rings. The number of nitrogens with two attached hydrogens (primary N) is 1. The van der Waals surface area contributed by atoms with E-state index in [1.807, 2.05) is 45.2 Å². The molecule has 1 heterocycles. The lowest BCUT2D eigenvalue weighted by molar-refractivity contribution is 0.0895. The Labute approximate surface area is 119 Å². The summed E-state index contributed by atoms with van der Waals surface area (Å²) in [6.07, 6.45) is 1.58. The van der Waals surface area contributed by atoms with Crippen molar-refractivity contribution < 1.29 is 4.79 Å². The Morgan fingerprint density at radius 3 is 2.80 bits per heavy atom. The Hall–Kier alpha value is -1.88. The van der Waals surface area contributed by atoms with Crippen molar-refractivity contribution in [3.63, 3.8) is 0 Å². The molecule has 0 radical (unpaired) electrons. The summed E-state index contributed by atoms with van der Waals surface area (Å²) in [7, 11) is 1.85. The van der Waals surface area contributed by atoms with Crippen LogP contribution in [0.4, 0.5) is 0 Å². The van der Waals surface area contributed by atoms with Crippen LogP contribution >= 0.6 is 0 Å². The van der Waals surface area contributed by atoms with Gasteiger partial charge in [0.05, 0.1) is 5.52 Å². The zero-order valence-corrected chi connectivity index (χ0v) is 12.3. The van der Waals surface area contributed by atoms with Crippen LogP contribution in [0.15, 0.2) is 24.3 Å². The van der Waals surface area contributed by atoms with E-state index in [1.54, 1.807) is 4.68 Å². The van der Waals surface area contributed by atoms with Crippen molar-refractivity contribution in [3.05, 3.63) is 30.0 Å². The summed E-state index contributed by atoms with van der Waals surface area (Å²) in [6.45, 7) is 4.61. The maximum atomic E-state index is 12.5. The molecule has 5 nitrogen and oxygen atoms in total. The molecule has 0 aliphatic carbocycles. The summed E-state index contributed by atoms with van der Waals surface area (Å²) in [5.41, 5.74) is 6.77. The van der Waals surface area contributed by atoms with E-state index in [4.69, 9.17) is 5.73 Å². The number of nitrogens with one attached hydrogen (secondary N) is 1. The van der Waals surface area contributed by atoms with Gasteiger partial charge in [0.2, 0.25) is 0 Å². The summed E-state index contributed by atoms with van der Waals surface area (Å²) < 4.78 is 1.73. The number of nitrogens with zero attached hydrogens (tertiary/aromatic N) is 2. The fourth-order valence-corrected chi connectivity index (χ4v) is 2.36. The lowest BCUT2D eigenvalue weighted by atomic mass is 9.94. The van der Waals surface area contributed by atoms with Crippen LogP contribution in [0.25, 0.3) is 10.9 Å². The predicted octanol–water partition coefficient (Wildman–Crippen LogP) is 1.82. The normalized spacial score (nSPS) is 14.2. The van der Waals surface area contributed by atoms with Crippen LogP contribution in [-0.2, 0) is 7.05 Å². The van der Waals surface area contributed by atoms with E-state index < -0.39 is 0 Å². The number of fused-ring (bicyclic) bond motifs is 1. The molecule has 1 unspecified atom stereocenters. The van der Waals surface area contributed by atoms with Crippen LogP contribution in [0.3, 0.4) is 0 Å². The molecule has 20 heavy (non-hydrogen) atoms. The van der Waals surface area contributed by atoms with E-state index in [9.17, 15) is 4.79 Å². The minimum absolute atomic E-state index is 0.139. The van der Waals surface area contributed by atoms with Gasteiger partial charge in [0.15, 0.2) is 5.69 Å². The van der Waals surface area contributed by atoms with Crippen molar-refractivity contribution in [2.45, 2.75) is 32.2 Å². The molecule has 1 aromatic heterocycles. The summed E-state index contributed by atoms with van der Waals surface area (Å²) in [5.74, 6) is -0.139. The summed E-state index contributed by atoms with van der Waals surface area (Å²) >= 11 is 0. The minimum atomic E-state index is -0.287. The second-order valence-corrected chi connectivity index (χ2v) is 5.40. The van der Waals surface area contributed by atoms with Gasteiger partial charge in [-0.1, -0.05) is 25.1 Å². The SMILES string of the molecule is CCC(C)(CCN)NC(=O)c1nn(C)c2ccccc12. The number of hydrogen-bond acceptors (Lipinski definition) is 3. The molecular formula is C15H22N4O. The number of aryl methyl sites for hydroxylation is 1. The van der Waals surface area contributed by atoms with Gasteiger partial charge < -0.3 is 11.1 Å². The number of benzene rings is 1. The molecule has 2 rings (SSSR count). The van der Waals surface area contributed by atoms with Gasteiger partial charge in [-0.3, -0.25) is 9.48 Å². The first-order valence-electron chi connectivity index (χ1n) is 6.95. The molecule has 1 atom stereocenters. The minimum Gasteiger partial charge on any atom is -0.345 e. The molecular weight excluding hydrogens is 252 g/mol. The fraction of sp³-hybridized carbons (Fsp3) is 0.467. The Morgan fingerprint density at radius 1 is 1.45 bits per heavy atom. The zero-order valence-electron chi connectivity index (χ0n) is 12.3. The number of para-hydroxylation sites is 1. The van der Waals surface area contributed by atoms with Crippen molar-refractivity contribution >= 4 is 16.8 Å². The third kappa shape index (κ3) is 2.67. The third-order valence-corrected chi connectivity index (χ3v) is 3.86. The quantitative estimate of drug-likeness (QED) is 0.873. The third-order valence-electron chi connectivity index (χ3n) is 3.86. The molecule has 3 N–H and O–H groups in total. The number of aromatic nitrogens is 2. The molecule has 0 aliphatic heterocycles. The van der Waals surface area contributed by atoms with Crippen molar-refractivity contribution in [1.82, 2.24) is 15.1 Å². The van der Waals surface area contributed by atoms with Gasteiger partial charge in [0.1, 0.15) is 0 Å². The highest BCUT2D eigenvalue weighted by Gasteiger charge is 2.26. The van der Waals surface area contributed by atoms with E-state index in [0.29, 0.717) is 12.2 Å². The monoisotopic (exact) mass is 274 g/mol. The van der Waals surface area contributed by atoms with Gasteiger partial charge in [-0.2, -0.15) is 5.10 Å². The highest BCUT2D eigenvalue weighted by Crippen LogP contribution is 2.19. The van der Waals surface area contributed by atoms with Gasteiger partial charge in [-0.05, 0) is 32.4 Å². The largest absolute Gasteiger partial charge is 0.345 e. The molecule has 0 aliphatic rings. The van der Waals surface area contributed by atoms with Crippen LogP contribution in [-0.4, -0.2) is 27.8 Å². The van der Waals surface area contributed by atoms with Crippen LogP contribution in [0.2, 0.25) is 0 Å². The van der Waals surface area contributed by atoms with Crippen LogP contribution < -0.4 is 11.1 Å². The number of carbonyl (C=O) groups is 1. The van der Waals surface area contributed by atoms with Gasteiger partial charge in [0.25, 0.3) is 5.91 Å². The van der Waals surface area contributed by atoms with Crippen LogP contribution in [0.5, 0.6) is 0 Å². The van der Waals surface area contributed by atoms with E-state index in [1.165, 1.54) is 0 Å². The predicted molar refractivity (Wildman–Crippen MR) is 80.5 cm³/mol. The van der Waals surface area contributed by atoms with Gasteiger partial charge in [0, 0.05) is 18.0 Å². The standard InChI is InChI=1S/C15H22N4O/c1-4-15(2,9-10-16)17-14(20)13-11-7-5-6-8-12(11)19(3)18-13/h5-8H,4,9-10,16H2,1-3H3,(H,17,20). The zero-order chi connectivity index (χ0) is 14.8. The molecule has 1 amide bonds. The lowest BCUT2D eigenvalue weighted by Crippen LogP contribution is -2.47. The van der Waals surface area contributed by atoms with Crippen LogP contribution in [0.1, 0.15) is 37.2 Å². The van der Waals surface area contributed by atoms with Gasteiger partial charge in [-0.25, -0.2) is 0 Å². The molecule has 2 aromatic rings. The van der Waals surface area contributed by atoms with Gasteiger partial charge in [-0.15, -0.1) is 0 Å². The molecule has 0 spiro atoms. The van der Waals surface area contributed by atoms with Crippen molar-refractivity contribution in [1.29, 1.82) is 0 Å². The molecule has 0 saturated carbocycles. The number of rotatable bonds is 5. The average molecular weight is 274 g/mol. The molecule has 0 saturated heterocycles. The first-order valence-corrected chi connectivity index (χ1v) is 6.95. The Morgan fingerprint density at radius 2 is 2.15 bits per heavy atom. The molecule has 1 aromatic carbocycles. The first kappa shape index (κ1) is 14.5. The Bertz CT molecular complexity index is 619. The maximum Gasteiger partial charge on any atom is 0.272 e. The lowest BCUT2D eigenvalue weighted by Gasteiger charge is -2.28. The highest BCUT2D eigenvalue weighted by atomic mass is 16.2. The van der Waals surface area contributed by atoms with E-state index in [-0.39, 0.29) is 11.4 Å². The van der Waals surface area contributed by atoms with Crippen molar-refractivity contribution in [2.24, 2.45) is 12.8 Å². The van der Waals surface area contributed by atoms with Crippen molar-refractivity contribution in [3.8, 4) is 0 Å². The molecule has 0 bridgehead atoms. The van der Waals surface area contributed by atoms with E-state index >= 15 is 0 Å². The maximum absolute atomic E-state index is 12.5. The fourth-order valence-electron chi connectivity index (χ4n) is 2.36. The summed E-state index contributed by atoms with van der Waals surface area (Å²) in [4.78, 5) is 12.5. The van der Waals surface area contributed by atoms with Crippen LogP contribution in [0, 0.1) is 0 Å². The van der Waals surface area contributed by atoms with Crippen molar-refractivity contribution in [2.75, 3.05) is 6.54 Å². The van der Waals surface area contributed by atoms with Gasteiger partial charge >= 0.3 is 0 Å². The first-order chi connectivity index (χ1) is 9.50. The summed E-state index contributed by atoms with van der Waals surface area (Å²) in [5, 5.41) is 8.29. The average Bonchev–Trinajstić information content (AvgIpc) is 2.77.